The van der Waals surface area contributed by atoms with Crippen molar-refractivity contribution in [1.82, 2.24) is 0 Å². The molecule has 0 radical (unpaired) electrons. The summed E-state index contributed by atoms with van der Waals surface area (Å²) in [6.45, 7) is 1.65. The molecule has 6 heteroatoms. The molecule has 0 bridgehead atoms. The minimum Gasteiger partial charge on any atom is -0.479 e. The fourth-order valence-corrected chi connectivity index (χ4v) is 3.40. The maximum atomic E-state index is 12.3. The molecular weight excluding hydrogens is 416 g/mol. The lowest BCUT2D eigenvalue weighted by molar-refractivity contribution is -0.152. The van der Waals surface area contributed by atoms with Gasteiger partial charge in [0.05, 0.1) is 0 Å². The lowest BCUT2D eigenvalue weighted by atomic mass is 10.0. The lowest BCUT2D eigenvalue weighted by Gasteiger charge is -2.15. The van der Waals surface area contributed by atoms with Crippen molar-refractivity contribution in [3.63, 3.8) is 0 Å². The molecule has 3 aromatic carbocycles. The summed E-state index contributed by atoms with van der Waals surface area (Å²) in [5, 5.41) is 1.30. The first-order valence-electron chi connectivity index (χ1n) is 9.71. The summed E-state index contributed by atoms with van der Waals surface area (Å²) in [6.07, 6.45) is -0.857. The zero-order valence-electron chi connectivity index (χ0n) is 16.7. The van der Waals surface area contributed by atoms with Crippen LogP contribution in [0.3, 0.4) is 0 Å². The highest BCUT2D eigenvalue weighted by atomic mass is 35.5. The molecule has 156 valence electrons. The van der Waals surface area contributed by atoms with Gasteiger partial charge in [-0.1, -0.05) is 60.1 Å². The summed E-state index contributed by atoms with van der Waals surface area (Å²) in [7, 11) is 0. The molecule has 0 amide bonds. The standard InChI is InChI=1S/C25H19ClO5/c1-16(25(28)29-15-18-9-5-6-10-22(18)26)30-19-11-12-20-21(17-7-3-2-4-8-17)14-24(27)31-23(20)13-19/h2-14,16H,15H2,1H3/t16-/m0/s1. The number of hydrogen-bond acceptors (Lipinski definition) is 5. The molecule has 0 aliphatic rings. The van der Waals surface area contributed by atoms with Crippen molar-refractivity contribution in [2.75, 3.05) is 0 Å². The molecular formula is C25H19ClO5. The molecule has 0 spiro atoms. The smallest absolute Gasteiger partial charge is 0.347 e. The molecule has 5 nitrogen and oxygen atoms in total. The van der Waals surface area contributed by atoms with E-state index >= 15 is 0 Å². The van der Waals surface area contributed by atoms with Crippen LogP contribution < -0.4 is 10.4 Å². The summed E-state index contributed by atoms with van der Waals surface area (Å²) in [4.78, 5) is 24.4. The Morgan fingerprint density at radius 3 is 2.52 bits per heavy atom. The van der Waals surface area contributed by atoms with Gasteiger partial charge < -0.3 is 13.9 Å². The van der Waals surface area contributed by atoms with Gasteiger partial charge in [-0.2, -0.15) is 0 Å². The summed E-state index contributed by atoms with van der Waals surface area (Å²) in [5.74, 6) is -0.137. The predicted molar refractivity (Wildman–Crippen MR) is 119 cm³/mol. The van der Waals surface area contributed by atoms with Crippen LogP contribution in [0.25, 0.3) is 22.1 Å². The van der Waals surface area contributed by atoms with Gasteiger partial charge in [0.25, 0.3) is 0 Å². The summed E-state index contributed by atoms with van der Waals surface area (Å²) in [5.41, 5.74) is 2.30. The number of rotatable bonds is 6. The Bertz CT molecular complexity index is 1280. The van der Waals surface area contributed by atoms with E-state index in [2.05, 4.69) is 0 Å². The van der Waals surface area contributed by atoms with Gasteiger partial charge in [0.1, 0.15) is 17.9 Å². The highest BCUT2D eigenvalue weighted by molar-refractivity contribution is 6.31. The topological polar surface area (TPSA) is 65.7 Å². The minimum absolute atomic E-state index is 0.0548. The first-order chi connectivity index (χ1) is 15.0. The van der Waals surface area contributed by atoms with Crippen molar-refractivity contribution in [2.24, 2.45) is 0 Å². The van der Waals surface area contributed by atoms with E-state index in [4.69, 9.17) is 25.5 Å². The number of halogens is 1. The third-order valence-electron chi connectivity index (χ3n) is 4.77. The van der Waals surface area contributed by atoms with E-state index in [-0.39, 0.29) is 6.61 Å². The SMILES string of the molecule is C[C@H](Oc1ccc2c(-c3ccccc3)cc(=O)oc2c1)C(=O)OCc1ccccc1Cl. The second kappa shape index (κ2) is 9.06. The second-order valence-electron chi connectivity index (χ2n) is 6.96. The van der Waals surface area contributed by atoms with E-state index in [9.17, 15) is 9.59 Å². The first kappa shape index (κ1) is 20.7. The highest BCUT2D eigenvalue weighted by Gasteiger charge is 2.18. The van der Waals surface area contributed by atoms with Gasteiger partial charge in [-0.05, 0) is 36.2 Å². The molecule has 0 saturated heterocycles. The van der Waals surface area contributed by atoms with E-state index in [0.29, 0.717) is 21.9 Å². The number of esters is 1. The van der Waals surface area contributed by atoms with Crippen molar-refractivity contribution in [3.8, 4) is 16.9 Å². The Hall–Kier alpha value is -3.57. The van der Waals surface area contributed by atoms with Crippen molar-refractivity contribution < 1.29 is 18.7 Å². The highest BCUT2D eigenvalue weighted by Crippen LogP contribution is 2.30. The summed E-state index contributed by atoms with van der Waals surface area (Å²) < 4.78 is 16.4. The van der Waals surface area contributed by atoms with Crippen LogP contribution in [0.2, 0.25) is 5.02 Å². The van der Waals surface area contributed by atoms with Crippen LogP contribution in [-0.2, 0) is 16.1 Å². The molecule has 1 atom stereocenters. The third kappa shape index (κ3) is 4.78. The van der Waals surface area contributed by atoms with Gasteiger partial charge in [-0.15, -0.1) is 0 Å². The van der Waals surface area contributed by atoms with Crippen molar-refractivity contribution in [1.29, 1.82) is 0 Å². The van der Waals surface area contributed by atoms with Gasteiger partial charge in [0, 0.05) is 28.1 Å². The number of benzene rings is 3. The van der Waals surface area contributed by atoms with Crippen molar-refractivity contribution in [2.45, 2.75) is 19.6 Å². The maximum absolute atomic E-state index is 12.3. The number of hydrogen-bond donors (Lipinski definition) is 0. The van der Waals surface area contributed by atoms with Crippen LogP contribution in [0.4, 0.5) is 0 Å². The van der Waals surface area contributed by atoms with Gasteiger partial charge in [0.2, 0.25) is 0 Å². The van der Waals surface area contributed by atoms with Gasteiger partial charge in [0.15, 0.2) is 6.10 Å². The molecule has 0 aliphatic heterocycles. The number of fused-ring (bicyclic) bond motifs is 1. The maximum Gasteiger partial charge on any atom is 0.347 e. The predicted octanol–water partition coefficient (Wildman–Crippen LogP) is 5.62. The summed E-state index contributed by atoms with van der Waals surface area (Å²) >= 11 is 6.08. The van der Waals surface area contributed by atoms with Crippen LogP contribution in [0.15, 0.2) is 88.1 Å². The quantitative estimate of drug-likeness (QED) is 0.291. The molecule has 0 unspecified atom stereocenters. The second-order valence-corrected chi connectivity index (χ2v) is 7.37. The molecule has 0 N–H and O–H groups in total. The van der Waals surface area contributed by atoms with Crippen LogP contribution in [0, 0.1) is 0 Å². The Morgan fingerprint density at radius 2 is 1.74 bits per heavy atom. The first-order valence-corrected chi connectivity index (χ1v) is 10.1. The van der Waals surface area contributed by atoms with Crippen molar-refractivity contribution >= 4 is 28.5 Å². The average Bonchev–Trinajstić information content (AvgIpc) is 2.78. The Morgan fingerprint density at radius 1 is 1.00 bits per heavy atom. The van der Waals surface area contributed by atoms with Crippen LogP contribution in [0.1, 0.15) is 12.5 Å². The molecule has 1 heterocycles. The molecule has 0 fully saturated rings. The average molecular weight is 435 g/mol. The normalized spacial score (nSPS) is 11.8. The molecule has 0 aliphatic carbocycles. The lowest BCUT2D eigenvalue weighted by Crippen LogP contribution is -2.26. The van der Waals surface area contributed by atoms with Gasteiger partial charge in [-0.3, -0.25) is 0 Å². The summed E-state index contributed by atoms with van der Waals surface area (Å²) in [6, 6.07) is 23.3. The number of ether oxygens (including phenoxy) is 2. The molecule has 4 aromatic rings. The monoisotopic (exact) mass is 434 g/mol. The van der Waals surface area contributed by atoms with Crippen molar-refractivity contribution in [3.05, 3.63) is 99.9 Å². The largest absolute Gasteiger partial charge is 0.479 e. The number of carbonyl (C=O) groups excluding carboxylic acids is 1. The molecule has 1 aromatic heterocycles. The van der Waals surface area contributed by atoms with E-state index in [1.807, 2.05) is 36.4 Å². The number of carbonyl (C=O) groups is 1. The van der Waals surface area contributed by atoms with E-state index in [0.717, 1.165) is 16.5 Å². The van der Waals surface area contributed by atoms with Gasteiger partial charge in [-0.25, -0.2) is 9.59 Å². The Balaban J connectivity index is 1.51. The fraction of sp³-hybridized carbons (Fsp3) is 0.120. The minimum atomic E-state index is -0.857. The zero-order valence-corrected chi connectivity index (χ0v) is 17.5. The van der Waals surface area contributed by atoms with E-state index in [1.165, 1.54) is 6.07 Å². The third-order valence-corrected chi connectivity index (χ3v) is 5.14. The van der Waals surface area contributed by atoms with Crippen LogP contribution in [0.5, 0.6) is 5.75 Å². The Kier molecular flexibility index (Phi) is 6.05. The van der Waals surface area contributed by atoms with Crippen LogP contribution >= 0.6 is 11.6 Å². The van der Waals surface area contributed by atoms with E-state index in [1.54, 1.807) is 43.3 Å². The molecule has 4 rings (SSSR count). The molecule has 0 saturated carbocycles. The fourth-order valence-electron chi connectivity index (χ4n) is 3.21. The van der Waals surface area contributed by atoms with E-state index < -0.39 is 17.7 Å². The van der Waals surface area contributed by atoms with Gasteiger partial charge >= 0.3 is 11.6 Å². The van der Waals surface area contributed by atoms with Crippen LogP contribution in [-0.4, -0.2) is 12.1 Å². The molecule has 31 heavy (non-hydrogen) atoms. The Labute approximate surface area is 183 Å². The zero-order chi connectivity index (χ0) is 21.8.